The van der Waals surface area contributed by atoms with Crippen LogP contribution in [0.4, 0.5) is 0 Å². The summed E-state index contributed by atoms with van der Waals surface area (Å²) < 4.78 is 0. The Morgan fingerprint density at radius 2 is 2.25 bits per heavy atom. The van der Waals surface area contributed by atoms with E-state index >= 15 is 0 Å². The third-order valence-electron chi connectivity index (χ3n) is 3.84. The van der Waals surface area contributed by atoms with Gasteiger partial charge in [-0.2, -0.15) is 0 Å². The number of piperidine rings is 1. The van der Waals surface area contributed by atoms with E-state index < -0.39 is 0 Å². The van der Waals surface area contributed by atoms with Crippen molar-refractivity contribution >= 4 is 18.3 Å². The van der Waals surface area contributed by atoms with E-state index in [1.807, 2.05) is 0 Å². The normalized spacial score (nSPS) is 20.8. The highest BCUT2D eigenvalue weighted by atomic mass is 35.5. The molecule has 1 amide bonds. The van der Waals surface area contributed by atoms with Gasteiger partial charge in [0.1, 0.15) is 0 Å². The van der Waals surface area contributed by atoms with Crippen LogP contribution in [0.15, 0.2) is 23.1 Å². The Morgan fingerprint density at radius 1 is 1.50 bits per heavy atom. The second-order valence-corrected chi connectivity index (χ2v) is 5.75. The molecule has 1 unspecified atom stereocenters. The van der Waals surface area contributed by atoms with E-state index in [1.54, 1.807) is 6.07 Å². The molecule has 0 saturated carbocycles. The minimum Gasteiger partial charge on any atom is -0.350 e. The fourth-order valence-electron chi connectivity index (χ4n) is 2.50. The number of rotatable bonds is 3. The lowest BCUT2D eigenvalue weighted by Gasteiger charge is -2.39. The number of aromatic amines is 1. The number of hydrogen-bond donors (Lipinski definition) is 3. The van der Waals surface area contributed by atoms with E-state index in [4.69, 9.17) is 0 Å². The fraction of sp³-hybridized carbons (Fsp3) is 0.571. The molecule has 112 valence electrons. The number of carbonyl (C=O) groups excluding carboxylic acids is 1. The lowest BCUT2D eigenvalue weighted by Crippen LogP contribution is -2.52. The molecular formula is C14H22ClN3O2. The summed E-state index contributed by atoms with van der Waals surface area (Å²) in [5.41, 5.74) is 0.320. The third-order valence-corrected chi connectivity index (χ3v) is 3.84. The number of amides is 1. The van der Waals surface area contributed by atoms with Crippen LogP contribution in [0.2, 0.25) is 0 Å². The number of hydrogen-bond acceptors (Lipinski definition) is 3. The van der Waals surface area contributed by atoms with Crippen molar-refractivity contribution in [1.29, 1.82) is 0 Å². The van der Waals surface area contributed by atoms with E-state index in [0.29, 0.717) is 12.1 Å². The average molecular weight is 300 g/mol. The number of aromatic nitrogens is 1. The van der Waals surface area contributed by atoms with Gasteiger partial charge in [0, 0.05) is 30.4 Å². The van der Waals surface area contributed by atoms with Crippen molar-refractivity contribution in [2.75, 3.05) is 13.1 Å². The molecule has 1 aromatic heterocycles. The first-order chi connectivity index (χ1) is 8.99. The van der Waals surface area contributed by atoms with Crippen LogP contribution in [0.25, 0.3) is 0 Å². The summed E-state index contributed by atoms with van der Waals surface area (Å²) in [4.78, 5) is 25.6. The summed E-state index contributed by atoms with van der Waals surface area (Å²) in [6.45, 7) is 6.00. The predicted molar refractivity (Wildman–Crippen MR) is 81.4 cm³/mol. The molecule has 2 rings (SSSR count). The standard InChI is InChI=1S/C14H21N3O2.ClH/c1-14(2)5-3-6-15-11(14)9-17-13(19)10-4-7-16-12(18)8-10;/h4,7-8,11,15H,3,5-6,9H2,1-2H3,(H,16,18)(H,17,19);1H. The van der Waals surface area contributed by atoms with Crippen molar-refractivity contribution < 1.29 is 4.79 Å². The first kappa shape index (κ1) is 16.7. The van der Waals surface area contributed by atoms with Gasteiger partial charge in [0.25, 0.3) is 5.91 Å². The summed E-state index contributed by atoms with van der Waals surface area (Å²) in [6.07, 6.45) is 3.82. The topological polar surface area (TPSA) is 74.0 Å². The van der Waals surface area contributed by atoms with Gasteiger partial charge in [0.15, 0.2) is 0 Å². The van der Waals surface area contributed by atoms with Crippen LogP contribution >= 0.6 is 12.4 Å². The first-order valence-electron chi connectivity index (χ1n) is 6.69. The molecule has 0 spiro atoms. The van der Waals surface area contributed by atoms with Gasteiger partial charge in [-0.1, -0.05) is 13.8 Å². The molecular weight excluding hydrogens is 278 g/mol. The van der Waals surface area contributed by atoms with Crippen LogP contribution < -0.4 is 16.2 Å². The van der Waals surface area contributed by atoms with Crippen LogP contribution in [0.5, 0.6) is 0 Å². The van der Waals surface area contributed by atoms with E-state index in [1.165, 1.54) is 18.7 Å². The quantitative estimate of drug-likeness (QED) is 0.788. The van der Waals surface area contributed by atoms with E-state index in [-0.39, 0.29) is 35.3 Å². The zero-order chi connectivity index (χ0) is 13.9. The Bertz CT molecular complexity index is 513. The Hall–Kier alpha value is -1.33. The largest absolute Gasteiger partial charge is 0.350 e. The Kier molecular flexibility index (Phi) is 5.77. The molecule has 20 heavy (non-hydrogen) atoms. The van der Waals surface area contributed by atoms with Crippen LogP contribution in [-0.4, -0.2) is 30.0 Å². The second-order valence-electron chi connectivity index (χ2n) is 5.75. The van der Waals surface area contributed by atoms with Gasteiger partial charge < -0.3 is 15.6 Å². The number of pyridine rings is 1. The number of carbonyl (C=O) groups is 1. The smallest absolute Gasteiger partial charge is 0.251 e. The summed E-state index contributed by atoms with van der Waals surface area (Å²) in [6, 6.07) is 3.19. The van der Waals surface area contributed by atoms with Gasteiger partial charge in [-0.15, -0.1) is 12.4 Å². The highest BCUT2D eigenvalue weighted by molar-refractivity contribution is 5.93. The van der Waals surface area contributed by atoms with Crippen molar-refractivity contribution in [3.05, 3.63) is 34.2 Å². The van der Waals surface area contributed by atoms with Gasteiger partial charge in [-0.25, -0.2) is 0 Å². The third kappa shape index (κ3) is 4.08. The Balaban J connectivity index is 0.00000200. The molecule has 1 aromatic rings. The second kappa shape index (κ2) is 6.90. The van der Waals surface area contributed by atoms with Crippen LogP contribution in [-0.2, 0) is 0 Å². The summed E-state index contributed by atoms with van der Waals surface area (Å²) in [7, 11) is 0. The molecule has 1 atom stereocenters. The van der Waals surface area contributed by atoms with Gasteiger partial charge in [-0.05, 0) is 30.9 Å². The summed E-state index contributed by atoms with van der Waals surface area (Å²) in [5, 5.41) is 6.34. The summed E-state index contributed by atoms with van der Waals surface area (Å²) >= 11 is 0. The minimum atomic E-state index is -0.260. The Labute approximate surface area is 125 Å². The lowest BCUT2D eigenvalue weighted by atomic mass is 9.77. The summed E-state index contributed by atoms with van der Waals surface area (Å²) in [5.74, 6) is -0.200. The number of halogens is 1. The van der Waals surface area contributed by atoms with Gasteiger partial charge >= 0.3 is 0 Å². The molecule has 6 heteroatoms. The van der Waals surface area contributed by atoms with Crippen LogP contribution in [0, 0.1) is 5.41 Å². The molecule has 5 nitrogen and oxygen atoms in total. The fourth-order valence-corrected chi connectivity index (χ4v) is 2.50. The van der Waals surface area contributed by atoms with Crippen LogP contribution in [0.1, 0.15) is 37.0 Å². The Morgan fingerprint density at radius 3 is 2.90 bits per heavy atom. The van der Waals surface area contributed by atoms with Crippen molar-refractivity contribution in [3.8, 4) is 0 Å². The van der Waals surface area contributed by atoms with E-state index in [0.717, 1.165) is 13.0 Å². The maximum atomic E-state index is 12.0. The van der Waals surface area contributed by atoms with E-state index in [9.17, 15) is 9.59 Å². The molecule has 2 heterocycles. The SMILES string of the molecule is CC1(C)CCCNC1CNC(=O)c1cc[nH]c(=O)c1.Cl. The maximum Gasteiger partial charge on any atom is 0.251 e. The molecule has 1 aliphatic rings. The van der Waals surface area contributed by atoms with Gasteiger partial charge in [-0.3, -0.25) is 9.59 Å². The van der Waals surface area contributed by atoms with Crippen molar-refractivity contribution in [3.63, 3.8) is 0 Å². The molecule has 1 fully saturated rings. The number of nitrogens with one attached hydrogen (secondary N) is 3. The average Bonchev–Trinajstić information content (AvgIpc) is 2.36. The molecule has 0 aromatic carbocycles. The molecule has 0 radical (unpaired) electrons. The van der Waals surface area contributed by atoms with Crippen molar-refractivity contribution in [1.82, 2.24) is 15.6 Å². The van der Waals surface area contributed by atoms with E-state index in [2.05, 4.69) is 29.5 Å². The zero-order valence-electron chi connectivity index (χ0n) is 11.9. The molecule has 0 bridgehead atoms. The van der Waals surface area contributed by atoms with Crippen LogP contribution in [0.3, 0.4) is 0 Å². The zero-order valence-corrected chi connectivity index (χ0v) is 12.7. The highest BCUT2D eigenvalue weighted by Gasteiger charge is 2.31. The molecule has 3 N–H and O–H groups in total. The monoisotopic (exact) mass is 299 g/mol. The number of H-pyrrole nitrogens is 1. The molecule has 1 aliphatic heterocycles. The van der Waals surface area contributed by atoms with Crippen molar-refractivity contribution in [2.45, 2.75) is 32.7 Å². The predicted octanol–water partition coefficient (Wildman–Crippen LogP) is 1.30. The highest BCUT2D eigenvalue weighted by Crippen LogP contribution is 2.29. The first-order valence-corrected chi connectivity index (χ1v) is 6.69. The lowest BCUT2D eigenvalue weighted by molar-refractivity contribution is 0.0928. The maximum absolute atomic E-state index is 12.0. The van der Waals surface area contributed by atoms with Crippen molar-refractivity contribution in [2.24, 2.45) is 5.41 Å². The minimum absolute atomic E-state index is 0. The molecule has 1 saturated heterocycles. The molecule has 0 aliphatic carbocycles. The van der Waals surface area contributed by atoms with Gasteiger partial charge in [0.05, 0.1) is 0 Å². The van der Waals surface area contributed by atoms with Gasteiger partial charge in [0.2, 0.25) is 5.56 Å².